The molecule has 0 aliphatic heterocycles. The number of nitrogens with zero attached hydrogens (tertiary/aromatic N) is 6. The van der Waals surface area contributed by atoms with Gasteiger partial charge in [0.25, 0.3) is 0 Å². The predicted octanol–water partition coefficient (Wildman–Crippen LogP) is 17.5. The van der Waals surface area contributed by atoms with Crippen molar-refractivity contribution in [1.29, 1.82) is 5.26 Å². The first-order valence-electron chi connectivity index (χ1n) is 25.6. The minimum atomic E-state index is -0.105. The Morgan fingerprint density at radius 2 is 0.743 bits per heavy atom. The molecule has 14 rings (SSSR count). The molecule has 5 aromatic heterocycles. The predicted molar refractivity (Wildman–Crippen MR) is 309 cm³/mol. The van der Waals surface area contributed by atoms with E-state index in [2.05, 4.69) is 255 Å². The number of para-hydroxylation sites is 4. The normalized spacial score (nSPS) is 12.2. The molecule has 14 aromatic rings. The summed E-state index contributed by atoms with van der Waals surface area (Å²) in [5.41, 5.74) is 19.5. The molecule has 0 spiro atoms. The van der Waals surface area contributed by atoms with Gasteiger partial charge >= 0.3 is 0 Å². The fourth-order valence-corrected chi connectivity index (χ4v) is 12.2. The van der Waals surface area contributed by atoms with E-state index in [0.29, 0.717) is 5.56 Å². The summed E-state index contributed by atoms with van der Waals surface area (Å²) in [4.78, 5) is 5.43. The molecule has 354 valence electrons. The summed E-state index contributed by atoms with van der Waals surface area (Å²) in [6, 6.07) is 69.6. The van der Waals surface area contributed by atoms with Crippen LogP contribution in [0.1, 0.15) is 54.2 Å². The lowest BCUT2D eigenvalue weighted by Gasteiger charge is -2.29. The van der Waals surface area contributed by atoms with Crippen LogP contribution in [0.25, 0.3) is 121 Å². The minimum absolute atomic E-state index is 0.105. The molecule has 6 nitrogen and oxygen atoms in total. The van der Waals surface area contributed by atoms with Crippen molar-refractivity contribution in [1.82, 2.24) is 23.3 Å². The molecule has 9 aromatic carbocycles. The minimum Gasteiger partial charge on any atom is -0.306 e. The number of aromatic nitrogens is 5. The van der Waals surface area contributed by atoms with E-state index in [4.69, 9.17) is 4.98 Å². The zero-order chi connectivity index (χ0) is 50.3. The number of fused-ring (bicyclic) bond motifs is 12. The van der Waals surface area contributed by atoms with Crippen LogP contribution in [0.15, 0.2) is 188 Å². The topological polar surface area (TPSA) is 56.4 Å². The average Bonchev–Trinajstić information content (AvgIpc) is 4.20. The van der Waals surface area contributed by atoms with Crippen molar-refractivity contribution in [3.63, 3.8) is 0 Å². The molecule has 0 radical (unpaired) electrons. The molecule has 0 atom stereocenters. The number of nitriles is 1. The van der Waals surface area contributed by atoms with Gasteiger partial charge in [-0.2, -0.15) is 5.26 Å². The second-order valence-electron chi connectivity index (χ2n) is 21.4. The van der Waals surface area contributed by atoms with Crippen LogP contribution in [0.2, 0.25) is 0 Å². The monoisotopic (exact) mass is 952 g/mol. The maximum absolute atomic E-state index is 12.8. The summed E-state index contributed by atoms with van der Waals surface area (Å²) in [6.07, 6.45) is 1.98. The van der Waals surface area contributed by atoms with Gasteiger partial charge in [0.05, 0.1) is 61.4 Å². The Kier molecular flexibility index (Phi) is 9.37. The summed E-state index contributed by atoms with van der Waals surface area (Å²) < 4.78 is 9.64. The molecule has 0 aliphatic carbocycles. The van der Waals surface area contributed by atoms with Crippen LogP contribution in [-0.4, -0.2) is 23.3 Å². The third-order valence-corrected chi connectivity index (χ3v) is 15.6. The lowest BCUT2D eigenvalue weighted by atomic mass is 9.85. The van der Waals surface area contributed by atoms with E-state index in [0.717, 1.165) is 132 Å². The van der Waals surface area contributed by atoms with Crippen LogP contribution >= 0.6 is 0 Å². The van der Waals surface area contributed by atoms with Gasteiger partial charge < -0.3 is 13.7 Å². The first-order chi connectivity index (χ1) is 36.0. The maximum Gasteiger partial charge on any atom is 0.145 e. The van der Waals surface area contributed by atoms with Gasteiger partial charge in [0.1, 0.15) is 17.3 Å². The fourth-order valence-electron chi connectivity index (χ4n) is 12.2. The Balaban J connectivity index is 1.36. The summed E-state index contributed by atoms with van der Waals surface area (Å²) in [5.74, 6) is 0. The van der Waals surface area contributed by atoms with Gasteiger partial charge in [-0.1, -0.05) is 153 Å². The molecule has 6 heteroatoms. The Morgan fingerprint density at radius 1 is 0.378 bits per heavy atom. The molecule has 74 heavy (non-hydrogen) atoms. The third-order valence-electron chi connectivity index (χ3n) is 15.6. The third kappa shape index (κ3) is 6.20. The number of benzene rings is 9. The summed E-state index contributed by atoms with van der Waals surface area (Å²) in [5, 5.41) is 21.7. The standard InChI is InChI=1S/C68H52N6/c1-40-24-31-59-50(34-40)51-35-41(2)25-32-60(51)73(59)65-62(44-27-29-45(30-28-44)68(5,6)7)66(74-61-33-26-42(3)36-52(61)53-37-43(4)39-70-67(53)74)64(72-57-22-14-10-18-48(57)49-19-11-15-23-58(49)72)54(38-69)63(65)71-55-20-12-8-16-46(55)47-17-9-13-21-56(47)71/h8-37,39H,1-7H3. The van der Waals surface area contributed by atoms with Crippen LogP contribution < -0.4 is 0 Å². The van der Waals surface area contributed by atoms with Crippen molar-refractivity contribution in [2.45, 2.75) is 53.9 Å². The smallest absolute Gasteiger partial charge is 0.145 e. The number of rotatable bonds is 5. The van der Waals surface area contributed by atoms with E-state index in [1.54, 1.807) is 0 Å². The van der Waals surface area contributed by atoms with Gasteiger partial charge in [0, 0.05) is 54.9 Å². The summed E-state index contributed by atoms with van der Waals surface area (Å²) in [7, 11) is 0. The number of hydrogen-bond acceptors (Lipinski definition) is 2. The van der Waals surface area contributed by atoms with Gasteiger partial charge in [0.15, 0.2) is 0 Å². The Morgan fingerprint density at radius 3 is 1.18 bits per heavy atom. The van der Waals surface area contributed by atoms with E-state index in [9.17, 15) is 5.26 Å². The molecule has 0 unspecified atom stereocenters. The highest BCUT2D eigenvalue weighted by Crippen LogP contribution is 2.52. The molecule has 0 aliphatic rings. The van der Waals surface area contributed by atoms with Gasteiger partial charge in [-0.25, -0.2) is 4.98 Å². The Labute approximate surface area is 429 Å². The van der Waals surface area contributed by atoms with Crippen molar-refractivity contribution in [3.05, 3.63) is 222 Å². The second-order valence-corrected chi connectivity index (χ2v) is 21.4. The summed E-state index contributed by atoms with van der Waals surface area (Å²) in [6.45, 7) is 15.5. The van der Waals surface area contributed by atoms with Crippen molar-refractivity contribution in [2.24, 2.45) is 0 Å². The lowest BCUT2D eigenvalue weighted by Crippen LogP contribution is -2.16. The van der Waals surface area contributed by atoms with Crippen LogP contribution in [-0.2, 0) is 5.41 Å². The van der Waals surface area contributed by atoms with Crippen LogP contribution in [0.5, 0.6) is 0 Å². The lowest BCUT2D eigenvalue weighted by molar-refractivity contribution is 0.590. The van der Waals surface area contributed by atoms with Gasteiger partial charge in [-0.15, -0.1) is 0 Å². The highest BCUT2D eigenvalue weighted by Gasteiger charge is 2.35. The highest BCUT2D eigenvalue weighted by molar-refractivity contribution is 6.17. The summed E-state index contributed by atoms with van der Waals surface area (Å²) >= 11 is 0. The van der Waals surface area contributed by atoms with E-state index in [-0.39, 0.29) is 5.41 Å². The van der Waals surface area contributed by atoms with Crippen LogP contribution in [0.3, 0.4) is 0 Å². The molecule has 0 saturated heterocycles. The van der Waals surface area contributed by atoms with E-state index < -0.39 is 0 Å². The van der Waals surface area contributed by atoms with Crippen molar-refractivity contribution < 1.29 is 0 Å². The molecule has 0 saturated carbocycles. The zero-order valence-corrected chi connectivity index (χ0v) is 42.6. The van der Waals surface area contributed by atoms with Gasteiger partial charge in [-0.3, -0.25) is 4.57 Å². The molecule has 0 fully saturated rings. The second kappa shape index (κ2) is 15.9. The fraction of sp³-hybridized carbons (Fsp3) is 0.118. The van der Waals surface area contributed by atoms with Gasteiger partial charge in [0.2, 0.25) is 0 Å². The first kappa shape index (κ1) is 43.6. The van der Waals surface area contributed by atoms with Crippen molar-refractivity contribution in [3.8, 4) is 39.9 Å². The quantitative estimate of drug-likeness (QED) is 0.173. The molecule has 0 bridgehead atoms. The van der Waals surface area contributed by atoms with Crippen LogP contribution in [0, 0.1) is 39.0 Å². The Bertz CT molecular complexity index is 4260. The Hall–Kier alpha value is -9.18. The number of hydrogen-bond donors (Lipinski definition) is 0. The van der Waals surface area contributed by atoms with Crippen LogP contribution in [0.4, 0.5) is 0 Å². The molecular weight excluding hydrogens is 901 g/mol. The van der Waals surface area contributed by atoms with Crippen molar-refractivity contribution in [2.75, 3.05) is 0 Å². The average molecular weight is 953 g/mol. The van der Waals surface area contributed by atoms with E-state index in [1.807, 2.05) is 6.20 Å². The molecule has 0 amide bonds. The largest absolute Gasteiger partial charge is 0.306 e. The number of aryl methyl sites for hydroxylation is 4. The zero-order valence-electron chi connectivity index (χ0n) is 42.6. The first-order valence-corrected chi connectivity index (χ1v) is 25.6. The molecule has 5 heterocycles. The van der Waals surface area contributed by atoms with E-state index in [1.165, 1.54) is 16.7 Å². The maximum atomic E-state index is 12.8. The highest BCUT2D eigenvalue weighted by atomic mass is 15.1. The SMILES string of the molecule is Cc1ccc2c(c1)c1cc(C)ccc1n2-c1c(-c2ccc(C(C)(C)C)cc2)c(-n2c3ccc(C)cc3c3cc(C)cnc32)c(-n2c3ccccc3c3ccccc32)c(C#N)c1-n1c2ccccc2c2ccccc21. The molecular formula is C68H52N6. The molecule has 0 N–H and O–H groups in total. The van der Waals surface area contributed by atoms with Gasteiger partial charge in [-0.05, 0) is 117 Å². The number of pyridine rings is 1. The van der Waals surface area contributed by atoms with Crippen molar-refractivity contribution >= 4 is 87.4 Å². The van der Waals surface area contributed by atoms with E-state index >= 15 is 0 Å².